The van der Waals surface area contributed by atoms with Crippen LogP contribution in [0.1, 0.15) is 33.2 Å². The van der Waals surface area contributed by atoms with Gasteiger partial charge in [-0.1, -0.05) is 0 Å². The van der Waals surface area contributed by atoms with Gasteiger partial charge >= 0.3 is 12.3 Å². The molecule has 2 aromatic rings. The fraction of sp³-hybridized carbons (Fsp3) is 0.318. The molecule has 0 aliphatic carbocycles. The molecule has 0 saturated carbocycles. The van der Waals surface area contributed by atoms with Gasteiger partial charge in [0.2, 0.25) is 0 Å². The minimum atomic E-state index is -4.46. The molecule has 32 heavy (non-hydrogen) atoms. The molecule has 10 heteroatoms. The van der Waals surface area contributed by atoms with Crippen molar-refractivity contribution >= 4 is 18.0 Å². The van der Waals surface area contributed by atoms with Crippen LogP contribution in [0.15, 0.2) is 48.5 Å². The number of carbonyl (C=O) groups is 3. The largest absolute Gasteiger partial charge is 0.513 e. The smallest absolute Gasteiger partial charge is 0.434 e. The molecule has 1 saturated heterocycles. The second-order valence-corrected chi connectivity index (χ2v) is 6.97. The van der Waals surface area contributed by atoms with E-state index in [-0.39, 0.29) is 55.9 Å². The van der Waals surface area contributed by atoms with Gasteiger partial charge in [0, 0.05) is 37.3 Å². The van der Waals surface area contributed by atoms with Crippen LogP contribution >= 0.6 is 0 Å². The molecule has 0 bridgehead atoms. The molecule has 0 aromatic heterocycles. The number of halogens is 3. The normalized spacial score (nSPS) is 14.1. The fourth-order valence-electron chi connectivity index (χ4n) is 3.19. The van der Waals surface area contributed by atoms with Gasteiger partial charge in [0.25, 0.3) is 11.8 Å². The van der Waals surface area contributed by atoms with Crippen molar-refractivity contribution in [2.75, 3.05) is 32.8 Å². The van der Waals surface area contributed by atoms with E-state index in [0.29, 0.717) is 5.56 Å². The van der Waals surface area contributed by atoms with E-state index in [2.05, 4.69) is 4.74 Å². The van der Waals surface area contributed by atoms with Gasteiger partial charge in [-0.2, -0.15) is 13.2 Å². The molecule has 1 aliphatic rings. The van der Waals surface area contributed by atoms with E-state index >= 15 is 0 Å². The highest BCUT2D eigenvalue weighted by Gasteiger charge is 2.31. The predicted octanol–water partition coefficient (Wildman–Crippen LogP) is 3.84. The molecule has 0 unspecified atom stereocenters. The lowest BCUT2D eigenvalue weighted by Gasteiger charge is -2.35. The molecule has 0 radical (unpaired) electrons. The molecule has 0 spiro atoms. The molecule has 1 heterocycles. The van der Waals surface area contributed by atoms with Crippen molar-refractivity contribution in [3.05, 3.63) is 65.2 Å². The Balaban J connectivity index is 1.55. The summed E-state index contributed by atoms with van der Waals surface area (Å²) in [5.41, 5.74) is -0.262. The van der Waals surface area contributed by atoms with E-state index in [1.165, 1.54) is 29.2 Å². The summed E-state index contributed by atoms with van der Waals surface area (Å²) in [4.78, 5) is 39.7. The maximum absolute atomic E-state index is 12.7. The van der Waals surface area contributed by atoms with E-state index in [4.69, 9.17) is 4.74 Å². The Bertz CT molecular complexity index is 967. The standard InChI is InChI=1S/C22H21F3N2O5/c1-2-31-21(30)32-18-9-5-16(6-10-18)20(29)27-13-11-26(12-14-27)19(28)15-3-7-17(8-4-15)22(23,24)25/h3-10H,2,11-14H2,1H3. The lowest BCUT2D eigenvalue weighted by Crippen LogP contribution is -2.50. The number of hydrogen-bond acceptors (Lipinski definition) is 5. The van der Waals surface area contributed by atoms with Crippen molar-refractivity contribution in [3.8, 4) is 5.75 Å². The number of rotatable bonds is 4. The number of nitrogens with zero attached hydrogens (tertiary/aromatic N) is 2. The monoisotopic (exact) mass is 450 g/mol. The van der Waals surface area contributed by atoms with Crippen LogP contribution in [0.4, 0.5) is 18.0 Å². The highest BCUT2D eigenvalue weighted by atomic mass is 19.4. The molecule has 7 nitrogen and oxygen atoms in total. The number of amides is 2. The van der Waals surface area contributed by atoms with Gasteiger partial charge in [0.15, 0.2) is 0 Å². The first-order chi connectivity index (χ1) is 15.2. The van der Waals surface area contributed by atoms with Crippen LogP contribution < -0.4 is 4.74 Å². The SMILES string of the molecule is CCOC(=O)Oc1ccc(C(=O)N2CCN(C(=O)c3ccc(C(F)(F)F)cc3)CC2)cc1. The van der Waals surface area contributed by atoms with E-state index < -0.39 is 17.9 Å². The van der Waals surface area contributed by atoms with Crippen LogP contribution in [0.25, 0.3) is 0 Å². The Morgan fingerprint density at radius 2 is 1.25 bits per heavy atom. The Kier molecular flexibility index (Phi) is 7.01. The van der Waals surface area contributed by atoms with Gasteiger partial charge in [0.05, 0.1) is 12.2 Å². The first-order valence-electron chi connectivity index (χ1n) is 9.89. The Hall–Kier alpha value is -3.56. The van der Waals surface area contributed by atoms with Crippen LogP contribution in [0.2, 0.25) is 0 Å². The zero-order valence-corrected chi connectivity index (χ0v) is 17.2. The van der Waals surface area contributed by atoms with E-state index in [0.717, 1.165) is 24.3 Å². The number of piperazine rings is 1. The maximum Gasteiger partial charge on any atom is 0.513 e. The van der Waals surface area contributed by atoms with Crippen LogP contribution in [0, 0.1) is 0 Å². The summed E-state index contributed by atoms with van der Waals surface area (Å²) in [6, 6.07) is 10.1. The average molecular weight is 450 g/mol. The summed E-state index contributed by atoms with van der Waals surface area (Å²) < 4.78 is 47.7. The fourth-order valence-corrected chi connectivity index (χ4v) is 3.19. The molecule has 170 valence electrons. The van der Waals surface area contributed by atoms with Gasteiger partial charge in [-0.3, -0.25) is 9.59 Å². The summed E-state index contributed by atoms with van der Waals surface area (Å²) in [6.07, 6.45) is -5.29. The lowest BCUT2D eigenvalue weighted by atomic mass is 10.1. The van der Waals surface area contributed by atoms with Gasteiger partial charge < -0.3 is 19.3 Å². The molecule has 1 fully saturated rings. The van der Waals surface area contributed by atoms with E-state index in [1.807, 2.05) is 0 Å². The summed E-state index contributed by atoms with van der Waals surface area (Å²) in [5.74, 6) is -0.382. The number of carbonyl (C=O) groups excluding carboxylic acids is 3. The number of benzene rings is 2. The zero-order valence-electron chi connectivity index (χ0n) is 17.2. The summed E-state index contributed by atoms with van der Waals surface area (Å²) in [7, 11) is 0. The molecule has 2 aromatic carbocycles. The van der Waals surface area contributed by atoms with E-state index in [9.17, 15) is 27.6 Å². The van der Waals surface area contributed by atoms with E-state index in [1.54, 1.807) is 11.8 Å². The molecule has 2 amide bonds. The first kappa shape index (κ1) is 23.1. The third-order valence-electron chi connectivity index (χ3n) is 4.88. The first-order valence-corrected chi connectivity index (χ1v) is 9.89. The molecule has 0 atom stereocenters. The van der Waals surface area contributed by atoms with Crippen LogP contribution in [-0.4, -0.2) is 60.6 Å². The summed E-state index contributed by atoms with van der Waals surface area (Å²) in [6.45, 7) is 2.92. The number of hydrogen-bond donors (Lipinski definition) is 0. The summed E-state index contributed by atoms with van der Waals surface area (Å²) in [5, 5.41) is 0. The average Bonchev–Trinajstić information content (AvgIpc) is 2.78. The van der Waals surface area contributed by atoms with Crippen molar-refractivity contribution in [2.45, 2.75) is 13.1 Å². The van der Waals surface area contributed by atoms with Crippen molar-refractivity contribution in [2.24, 2.45) is 0 Å². The van der Waals surface area contributed by atoms with Gasteiger partial charge in [0.1, 0.15) is 5.75 Å². The van der Waals surface area contributed by atoms with Crippen LogP contribution in [0.3, 0.4) is 0 Å². The Morgan fingerprint density at radius 3 is 1.66 bits per heavy atom. The maximum atomic E-state index is 12.7. The third-order valence-corrected chi connectivity index (χ3v) is 4.88. The quantitative estimate of drug-likeness (QED) is 0.523. The number of ether oxygens (including phenoxy) is 2. The van der Waals surface area contributed by atoms with Gasteiger partial charge in [-0.15, -0.1) is 0 Å². The predicted molar refractivity (Wildman–Crippen MR) is 107 cm³/mol. The molecular weight excluding hydrogens is 429 g/mol. The van der Waals surface area contributed by atoms with Crippen LogP contribution in [0.5, 0.6) is 5.75 Å². The van der Waals surface area contributed by atoms with Gasteiger partial charge in [-0.25, -0.2) is 4.79 Å². The second kappa shape index (κ2) is 9.71. The van der Waals surface area contributed by atoms with Crippen LogP contribution in [-0.2, 0) is 10.9 Å². The zero-order chi connectivity index (χ0) is 23.3. The summed E-state index contributed by atoms with van der Waals surface area (Å²) >= 11 is 0. The van der Waals surface area contributed by atoms with Gasteiger partial charge in [-0.05, 0) is 55.5 Å². The highest BCUT2D eigenvalue weighted by Crippen LogP contribution is 2.29. The van der Waals surface area contributed by atoms with Crippen molar-refractivity contribution in [1.29, 1.82) is 0 Å². The van der Waals surface area contributed by atoms with Crippen molar-refractivity contribution in [3.63, 3.8) is 0 Å². The van der Waals surface area contributed by atoms with Crippen molar-refractivity contribution < 1.29 is 37.0 Å². The molecule has 0 N–H and O–H groups in total. The van der Waals surface area contributed by atoms with Crippen molar-refractivity contribution in [1.82, 2.24) is 9.80 Å². The number of alkyl halides is 3. The second-order valence-electron chi connectivity index (χ2n) is 6.97. The minimum absolute atomic E-state index is 0.162. The highest BCUT2D eigenvalue weighted by molar-refractivity contribution is 5.96. The molecule has 3 rings (SSSR count). The third kappa shape index (κ3) is 5.57. The Morgan fingerprint density at radius 1 is 0.812 bits per heavy atom. The topological polar surface area (TPSA) is 76.2 Å². The minimum Gasteiger partial charge on any atom is -0.434 e. The molecular formula is C22H21F3N2O5. The molecule has 1 aliphatic heterocycles. The Labute approximate surface area is 182 Å². The lowest BCUT2D eigenvalue weighted by molar-refractivity contribution is -0.137.